The number of hydrogen-bond donors (Lipinski definition) is 1. The van der Waals surface area contributed by atoms with Crippen molar-refractivity contribution in [2.45, 2.75) is 57.1 Å². The van der Waals surface area contributed by atoms with E-state index in [1.165, 1.54) is 25.7 Å². The number of hydrogen-bond acceptors (Lipinski definition) is 5. The Labute approximate surface area is 107 Å². The molecule has 100 valence electrons. The first-order valence-electron chi connectivity index (χ1n) is 7.06. The van der Waals surface area contributed by atoms with E-state index in [0.717, 1.165) is 50.2 Å². The van der Waals surface area contributed by atoms with Gasteiger partial charge in [-0.05, 0) is 32.1 Å². The molecule has 1 aliphatic heterocycles. The first-order chi connectivity index (χ1) is 8.90. The van der Waals surface area contributed by atoms with Gasteiger partial charge in [0, 0.05) is 32.0 Å². The van der Waals surface area contributed by atoms with Crippen LogP contribution in [0.15, 0.2) is 4.52 Å². The van der Waals surface area contributed by atoms with E-state index < -0.39 is 0 Å². The van der Waals surface area contributed by atoms with Crippen LogP contribution in [0.4, 0.5) is 0 Å². The molecule has 1 aliphatic carbocycles. The van der Waals surface area contributed by atoms with E-state index in [-0.39, 0.29) is 6.10 Å². The first kappa shape index (κ1) is 12.1. The summed E-state index contributed by atoms with van der Waals surface area (Å²) in [5.74, 6) is 1.54. The van der Waals surface area contributed by atoms with Gasteiger partial charge in [-0.15, -0.1) is 0 Å². The Kier molecular flexibility index (Phi) is 3.90. The molecule has 1 aromatic heterocycles. The normalized spacial score (nSPS) is 24.3. The maximum Gasteiger partial charge on any atom is 0.227 e. The van der Waals surface area contributed by atoms with E-state index in [1.807, 2.05) is 0 Å². The van der Waals surface area contributed by atoms with Crippen LogP contribution in [0.2, 0.25) is 0 Å². The fourth-order valence-electron chi connectivity index (χ4n) is 2.32. The summed E-state index contributed by atoms with van der Waals surface area (Å²) in [6, 6.07) is 0.739. The highest BCUT2D eigenvalue weighted by Gasteiger charge is 2.20. The van der Waals surface area contributed by atoms with Crippen LogP contribution in [0.5, 0.6) is 0 Å². The third-order valence-corrected chi connectivity index (χ3v) is 3.54. The van der Waals surface area contributed by atoms with Gasteiger partial charge in [0.2, 0.25) is 5.89 Å². The highest BCUT2D eigenvalue weighted by Crippen LogP contribution is 2.18. The lowest BCUT2D eigenvalue weighted by Gasteiger charge is -2.20. The van der Waals surface area contributed by atoms with Crippen LogP contribution >= 0.6 is 0 Å². The highest BCUT2D eigenvalue weighted by atomic mass is 16.5. The second-order valence-electron chi connectivity index (χ2n) is 5.28. The average molecular weight is 251 g/mol. The lowest BCUT2D eigenvalue weighted by molar-refractivity contribution is 0.0153. The van der Waals surface area contributed by atoms with Crippen LogP contribution in [0.25, 0.3) is 0 Å². The van der Waals surface area contributed by atoms with Crippen LogP contribution in [-0.4, -0.2) is 35.4 Å². The van der Waals surface area contributed by atoms with Gasteiger partial charge in [0.05, 0.1) is 6.10 Å². The van der Waals surface area contributed by atoms with Crippen molar-refractivity contribution in [3.8, 4) is 0 Å². The van der Waals surface area contributed by atoms with Crippen LogP contribution < -0.4 is 5.32 Å². The second-order valence-corrected chi connectivity index (χ2v) is 5.28. The van der Waals surface area contributed by atoms with Gasteiger partial charge in [-0.25, -0.2) is 0 Å². The van der Waals surface area contributed by atoms with Gasteiger partial charge in [0.25, 0.3) is 0 Å². The Morgan fingerprint density at radius 3 is 2.94 bits per heavy atom. The third-order valence-electron chi connectivity index (χ3n) is 3.54. The molecule has 1 saturated heterocycles. The summed E-state index contributed by atoms with van der Waals surface area (Å²) in [5, 5.41) is 7.47. The standard InChI is InChI=1S/C13H21N3O2/c1-2-8-17-11(3-1)9-12-15-13(18-16-12)6-7-14-10-4-5-10/h10-11,14H,1-9H2. The zero-order valence-corrected chi connectivity index (χ0v) is 10.7. The Balaban J connectivity index is 1.42. The van der Waals surface area contributed by atoms with Gasteiger partial charge in [0.15, 0.2) is 5.82 Å². The Hall–Kier alpha value is -0.940. The fourth-order valence-corrected chi connectivity index (χ4v) is 2.32. The summed E-state index contributed by atoms with van der Waals surface area (Å²) in [6.45, 7) is 1.81. The lowest BCUT2D eigenvalue weighted by Crippen LogP contribution is -2.22. The molecule has 1 N–H and O–H groups in total. The number of ether oxygens (including phenoxy) is 1. The molecule has 2 aliphatic rings. The van der Waals surface area contributed by atoms with E-state index in [1.54, 1.807) is 0 Å². The van der Waals surface area contributed by atoms with Crippen molar-refractivity contribution in [3.63, 3.8) is 0 Å². The molecule has 2 heterocycles. The molecule has 1 saturated carbocycles. The van der Waals surface area contributed by atoms with Crippen molar-refractivity contribution >= 4 is 0 Å². The Morgan fingerprint density at radius 1 is 1.22 bits per heavy atom. The smallest absolute Gasteiger partial charge is 0.227 e. The minimum absolute atomic E-state index is 0.286. The SMILES string of the molecule is C1CCC(Cc2noc(CCNC3CC3)n2)OC1. The lowest BCUT2D eigenvalue weighted by atomic mass is 10.1. The van der Waals surface area contributed by atoms with E-state index in [4.69, 9.17) is 9.26 Å². The van der Waals surface area contributed by atoms with Gasteiger partial charge in [0.1, 0.15) is 0 Å². The van der Waals surface area contributed by atoms with Gasteiger partial charge < -0.3 is 14.6 Å². The van der Waals surface area contributed by atoms with Crippen molar-refractivity contribution in [1.82, 2.24) is 15.5 Å². The third kappa shape index (κ3) is 3.53. The second kappa shape index (κ2) is 5.80. The molecule has 5 heteroatoms. The van der Waals surface area contributed by atoms with Gasteiger partial charge >= 0.3 is 0 Å². The van der Waals surface area contributed by atoms with Crippen LogP contribution in [0.1, 0.15) is 43.8 Å². The minimum atomic E-state index is 0.286. The van der Waals surface area contributed by atoms with Crippen LogP contribution in [0, 0.1) is 0 Å². The molecule has 0 radical (unpaired) electrons. The van der Waals surface area contributed by atoms with Crippen molar-refractivity contribution in [2.75, 3.05) is 13.2 Å². The minimum Gasteiger partial charge on any atom is -0.378 e. The predicted molar refractivity (Wildman–Crippen MR) is 66.3 cm³/mol. The van der Waals surface area contributed by atoms with Crippen molar-refractivity contribution in [1.29, 1.82) is 0 Å². The molecule has 0 aromatic carbocycles. The number of aromatic nitrogens is 2. The highest BCUT2D eigenvalue weighted by molar-refractivity contribution is 4.91. The van der Waals surface area contributed by atoms with E-state index >= 15 is 0 Å². The molecule has 1 aromatic rings. The number of nitrogens with zero attached hydrogens (tertiary/aromatic N) is 2. The molecule has 18 heavy (non-hydrogen) atoms. The molecule has 0 bridgehead atoms. The summed E-state index contributed by atoms with van der Waals surface area (Å²) in [5.41, 5.74) is 0. The van der Waals surface area contributed by atoms with Gasteiger partial charge in [-0.3, -0.25) is 0 Å². The topological polar surface area (TPSA) is 60.2 Å². The zero-order valence-electron chi connectivity index (χ0n) is 10.7. The molecule has 0 spiro atoms. The zero-order chi connectivity index (χ0) is 12.2. The summed E-state index contributed by atoms with van der Waals surface area (Å²) in [7, 11) is 0. The van der Waals surface area contributed by atoms with Crippen molar-refractivity contribution < 1.29 is 9.26 Å². The van der Waals surface area contributed by atoms with Crippen molar-refractivity contribution in [3.05, 3.63) is 11.7 Å². The molecule has 3 rings (SSSR count). The molecule has 2 fully saturated rings. The number of rotatable bonds is 6. The first-order valence-corrected chi connectivity index (χ1v) is 7.06. The summed E-state index contributed by atoms with van der Waals surface area (Å²) in [6.07, 6.45) is 8.08. The summed E-state index contributed by atoms with van der Waals surface area (Å²) < 4.78 is 10.9. The predicted octanol–water partition coefficient (Wildman–Crippen LogP) is 1.48. The maximum atomic E-state index is 5.68. The van der Waals surface area contributed by atoms with Crippen molar-refractivity contribution in [2.24, 2.45) is 0 Å². The molecule has 1 unspecified atom stereocenters. The summed E-state index contributed by atoms with van der Waals surface area (Å²) in [4.78, 5) is 4.42. The quantitative estimate of drug-likeness (QED) is 0.829. The van der Waals surface area contributed by atoms with Gasteiger partial charge in [-0.2, -0.15) is 4.98 Å². The van der Waals surface area contributed by atoms with E-state index in [0.29, 0.717) is 0 Å². The van der Waals surface area contributed by atoms with Gasteiger partial charge in [-0.1, -0.05) is 5.16 Å². The Bertz CT molecular complexity index is 370. The van der Waals surface area contributed by atoms with Crippen LogP contribution in [0.3, 0.4) is 0 Å². The maximum absolute atomic E-state index is 5.68. The monoisotopic (exact) mass is 251 g/mol. The van der Waals surface area contributed by atoms with E-state index in [2.05, 4.69) is 15.5 Å². The molecule has 5 nitrogen and oxygen atoms in total. The fraction of sp³-hybridized carbons (Fsp3) is 0.846. The largest absolute Gasteiger partial charge is 0.378 e. The molecule has 0 amide bonds. The molecular formula is C13H21N3O2. The molecule has 1 atom stereocenters. The Morgan fingerprint density at radius 2 is 2.17 bits per heavy atom. The average Bonchev–Trinajstić information content (AvgIpc) is 3.11. The van der Waals surface area contributed by atoms with Crippen LogP contribution in [-0.2, 0) is 17.6 Å². The number of nitrogens with one attached hydrogen (secondary N) is 1. The molecular weight excluding hydrogens is 230 g/mol. The van der Waals surface area contributed by atoms with E-state index in [9.17, 15) is 0 Å². The summed E-state index contributed by atoms with van der Waals surface area (Å²) >= 11 is 0.